The van der Waals surface area contributed by atoms with Crippen molar-refractivity contribution in [2.24, 2.45) is 5.73 Å². The summed E-state index contributed by atoms with van der Waals surface area (Å²) in [7, 11) is 0. The van der Waals surface area contributed by atoms with E-state index in [1.807, 2.05) is 37.3 Å². The maximum atomic E-state index is 5.70. The summed E-state index contributed by atoms with van der Waals surface area (Å²) in [6, 6.07) is 9.72. The van der Waals surface area contributed by atoms with Gasteiger partial charge in [-0.3, -0.25) is 0 Å². The Morgan fingerprint density at radius 3 is 2.93 bits per heavy atom. The van der Waals surface area contributed by atoms with Crippen molar-refractivity contribution in [1.29, 1.82) is 0 Å². The molecule has 2 heteroatoms. The second-order valence-electron chi connectivity index (χ2n) is 3.43. The van der Waals surface area contributed by atoms with Gasteiger partial charge in [0.25, 0.3) is 0 Å². The van der Waals surface area contributed by atoms with E-state index in [1.165, 1.54) is 0 Å². The van der Waals surface area contributed by atoms with E-state index in [2.05, 4.69) is 11.8 Å². The number of para-hydroxylation sites is 1. The molecule has 0 bridgehead atoms. The van der Waals surface area contributed by atoms with E-state index in [-0.39, 0.29) is 6.04 Å². The van der Waals surface area contributed by atoms with Crippen molar-refractivity contribution in [3.8, 4) is 11.8 Å². The summed E-state index contributed by atoms with van der Waals surface area (Å²) in [5.74, 6) is 6.57. The van der Waals surface area contributed by atoms with Crippen LogP contribution in [0.3, 0.4) is 0 Å². The largest absolute Gasteiger partial charge is 0.448 e. The third kappa shape index (κ3) is 2.20. The maximum Gasteiger partial charge on any atom is 0.178 e. The van der Waals surface area contributed by atoms with Crippen molar-refractivity contribution in [2.45, 2.75) is 19.4 Å². The molecule has 0 saturated carbocycles. The molecule has 2 aromatic rings. The summed E-state index contributed by atoms with van der Waals surface area (Å²) in [6.45, 7) is 2.01. The Labute approximate surface area is 89.1 Å². The molecule has 0 spiro atoms. The molecule has 1 aromatic heterocycles. The molecule has 0 aliphatic rings. The third-order valence-electron chi connectivity index (χ3n) is 2.25. The van der Waals surface area contributed by atoms with E-state index in [1.54, 1.807) is 0 Å². The molecule has 15 heavy (non-hydrogen) atoms. The van der Waals surface area contributed by atoms with Gasteiger partial charge in [0.1, 0.15) is 5.58 Å². The smallest absolute Gasteiger partial charge is 0.178 e. The van der Waals surface area contributed by atoms with Crippen LogP contribution in [0.5, 0.6) is 0 Å². The van der Waals surface area contributed by atoms with Crippen LogP contribution in [0.2, 0.25) is 0 Å². The van der Waals surface area contributed by atoms with E-state index < -0.39 is 0 Å². The molecule has 0 aliphatic heterocycles. The Kier molecular flexibility index (Phi) is 2.75. The van der Waals surface area contributed by atoms with Crippen LogP contribution in [0.25, 0.3) is 11.0 Å². The summed E-state index contributed by atoms with van der Waals surface area (Å²) in [5.41, 5.74) is 6.57. The third-order valence-corrected chi connectivity index (χ3v) is 2.25. The van der Waals surface area contributed by atoms with E-state index >= 15 is 0 Å². The lowest BCUT2D eigenvalue weighted by Gasteiger charge is -1.93. The molecule has 1 heterocycles. The second kappa shape index (κ2) is 4.20. The first-order chi connectivity index (χ1) is 7.29. The summed E-state index contributed by atoms with van der Waals surface area (Å²) < 4.78 is 5.53. The van der Waals surface area contributed by atoms with Crippen LogP contribution in [0.1, 0.15) is 19.1 Å². The quantitative estimate of drug-likeness (QED) is 0.717. The number of hydrogen-bond acceptors (Lipinski definition) is 2. The molecular weight excluding hydrogens is 186 g/mol. The Hall–Kier alpha value is -1.72. The lowest BCUT2D eigenvalue weighted by molar-refractivity contribution is 0.601. The zero-order valence-electron chi connectivity index (χ0n) is 8.66. The molecule has 2 nitrogen and oxygen atoms in total. The van der Waals surface area contributed by atoms with Gasteiger partial charge in [-0.05, 0) is 18.4 Å². The van der Waals surface area contributed by atoms with Gasteiger partial charge >= 0.3 is 0 Å². The number of hydrogen-bond donors (Lipinski definition) is 1. The predicted octanol–water partition coefficient (Wildman–Crippen LogP) is 2.52. The van der Waals surface area contributed by atoms with Crippen LogP contribution in [-0.4, -0.2) is 6.04 Å². The van der Waals surface area contributed by atoms with Crippen LogP contribution in [0.4, 0.5) is 0 Å². The molecule has 1 atom stereocenters. The Morgan fingerprint density at radius 1 is 1.40 bits per heavy atom. The van der Waals surface area contributed by atoms with Crippen molar-refractivity contribution in [3.05, 3.63) is 36.1 Å². The van der Waals surface area contributed by atoms with Crippen molar-refractivity contribution in [3.63, 3.8) is 0 Å². The fraction of sp³-hybridized carbons (Fsp3) is 0.231. The molecule has 76 valence electrons. The van der Waals surface area contributed by atoms with Gasteiger partial charge in [-0.2, -0.15) is 0 Å². The van der Waals surface area contributed by atoms with Gasteiger partial charge in [0.05, 0.1) is 6.04 Å². The van der Waals surface area contributed by atoms with Crippen molar-refractivity contribution in [1.82, 2.24) is 0 Å². The standard InChI is InChI=1S/C13H13NO/c1-2-11(14)7-8-12-9-10-5-3-4-6-13(10)15-12/h3-6,9,11H,2,14H2,1H3. The van der Waals surface area contributed by atoms with Gasteiger partial charge in [0.15, 0.2) is 5.76 Å². The summed E-state index contributed by atoms with van der Waals surface area (Å²) >= 11 is 0. The highest BCUT2D eigenvalue weighted by atomic mass is 16.3. The fourth-order valence-electron chi connectivity index (χ4n) is 1.31. The summed E-state index contributed by atoms with van der Waals surface area (Å²) in [4.78, 5) is 0. The molecular formula is C13H13NO. The zero-order valence-corrected chi connectivity index (χ0v) is 8.66. The SMILES string of the molecule is CCC(N)C#Cc1cc2ccccc2o1. The first kappa shape index (κ1) is 9.82. The fourth-order valence-corrected chi connectivity index (χ4v) is 1.31. The zero-order chi connectivity index (χ0) is 10.7. The van der Waals surface area contributed by atoms with Crippen molar-refractivity contribution < 1.29 is 4.42 Å². The summed E-state index contributed by atoms with van der Waals surface area (Å²) in [5, 5.41) is 1.08. The monoisotopic (exact) mass is 199 g/mol. The molecule has 1 aromatic carbocycles. The van der Waals surface area contributed by atoms with Crippen LogP contribution in [0.15, 0.2) is 34.7 Å². The summed E-state index contributed by atoms with van der Waals surface area (Å²) in [6.07, 6.45) is 0.854. The van der Waals surface area contributed by atoms with Crippen molar-refractivity contribution in [2.75, 3.05) is 0 Å². The van der Waals surface area contributed by atoms with Gasteiger partial charge in [-0.15, -0.1) is 0 Å². The highest BCUT2D eigenvalue weighted by Crippen LogP contribution is 2.17. The Balaban J connectivity index is 2.32. The van der Waals surface area contributed by atoms with Gasteiger partial charge in [-0.25, -0.2) is 0 Å². The van der Waals surface area contributed by atoms with Crippen molar-refractivity contribution >= 4 is 11.0 Å². The molecule has 2 rings (SSSR count). The number of benzene rings is 1. The highest BCUT2D eigenvalue weighted by molar-refractivity contribution is 5.78. The van der Waals surface area contributed by atoms with Crippen LogP contribution in [-0.2, 0) is 0 Å². The minimum Gasteiger partial charge on any atom is -0.448 e. The topological polar surface area (TPSA) is 39.2 Å². The molecule has 0 fully saturated rings. The Bertz CT molecular complexity index is 483. The first-order valence-corrected chi connectivity index (χ1v) is 5.05. The highest BCUT2D eigenvalue weighted by Gasteiger charge is 1.99. The number of furan rings is 1. The van der Waals surface area contributed by atoms with Gasteiger partial charge < -0.3 is 10.2 Å². The minimum atomic E-state index is -0.0711. The second-order valence-corrected chi connectivity index (χ2v) is 3.43. The Morgan fingerprint density at radius 2 is 2.20 bits per heavy atom. The van der Waals surface area contributed by atoms with Gasteiger partial charge in [0, 0.05) is 11.5 Å². The van der Waals surface area contributed by atoms with Crippen LogP contribution in [0, 0.1) is 11.8 Å². The minimum absolute atomic E-state index is 0.0711. The maximum absolute atomic E-state index is 5.70. The van der Waals surface area contributed by atoms with E-state index in [0.29, 0.717) is 5.76 Å². The molecule has 0 radical (unpaired) electrons. The van der Waals surface area contributed by atoms with E-state index in [9.17, 15) is 0 Å². The molecule has 0 aliphatic carbocycles. The van der Waals surface area contributed by atoms with E-state index in [0.717, 1.165) is 17.4 Å². The normalized spacial score (nSPS) is 12.1. The lowest BCUT2D eigenvalue weighted by atomic mass is 10.2. The van der Waals surface area contributed by atoms with Gasteiger partial charge in [-0.1, -0.05) is 31.0 Å². The van der Waals surface area contributed by atoms with Gasteiger partial charge in [0.2, 0.25) is 0 Å². The number of fused-ring (bicyclic) bond motifs is 1. The average molecular weight is 199 g/mol. The predicted molar refractivity (Wildman–Crippen MR) is 61.4 cm³/mol. The average Bonchev–Trinajstić information content (AvgIpc) is 2.68. The van der Waals surface area contributed by atoms with Crippen LogP contribution >= 0.6 is 0 Å². The molecule has 0 saturated heterocycles. The number of rotatable bonds is 1. The van der Waals surface area contributed by atoms with E-state index in [4.69, 9.17) is 10.2 Å². The molecule has 0 amide bonds. The molecule has 1 unspecified atom stereocenters. The first-order valence-electron chi connectivity index (χ1n) is 5.05. The molecule has 2 N–H and O–H groups in total. The number of nitrogens with two attached hydrogens (primary N) is 1. The lowest BCUT2D eigenvalue weighted by Crippen LogP contribution is -2.15. The van der Waals surface area contributed by atoms with Crippen LogP contribution < -0.4 is 5.73 Å².